The number of benzene rings is 1. The molecule has 0 saturated carbocycles. The summed E-state index contributed by atoms with van der Waals surface area (Å²) in [7, 11) is 0. The molecule has 1 aromatic rings. The van der Waals surface area contributed by atoms with E-state index < -0.39 is 29.2 Å². The second-order valence-electron chi connectivity index (χ2n) is 6.94. The summed E-state index contributed by atoms with van der Waals surface area (Å²) in [5, 5.41) is 2.32. The lowest BCUT2D eigenvalue weighted by Crippen LogP contribution is -2.50. The Bertz CT molecular complexity index is 685. The van der Waals surface area contributed by atoms with E-state index in [1.54, 1.807) is 20.8 Å². The maximum Gasteiger partial charge on any atom is 0.410 e. The van der Waals surface area contributed by atoms with E-state index in [4.69, 9.17) is 4.74 Å². The Hall–Kier alpha value is -2.64. The van der Waals surface area contributed by atoms with Crippen LogP contribution in [0.2, 0.25) is 0 Å². The number of hydrogen-bond acceptors (Lipinski definition) is 4. The van der Waals surface area contributed by atoms with Gasteiger partial charge in [-0.3, -0.25) is 4.79 Å². The number of hydrogen-bond donors (Lipinski definition) is 1. The Morgan fingerprint density at radius 1 is 1.15 bits per heavy atom. The molecule has 0 aromatic heterocycles. The van der Waals surface area contributed by atoms with Crippen LogP contribution in [0.25, 0.3) is 0 Å². The Morgan fingerprint density at radius 2 is 1.69 bits per heavy atom. The van der Waals surface area contributed by atoms with Gasteiger partial charge in [-0.25, -0.2) is 13.6 Å². The van der Waals surface area contributed by atoms with Crippen LogP contribution in [0, 0.1) is 11.6 Å². The molecule has 0 unspecified atom stereocenters. The Labute approximate surface area is 151 Å². The summed E-state index contributed by atoms with van der Waals surface area (Å²) in [6.07, 6.45) is 0.570. The van der Waals surface area contributed by atoms with E-state index in [1.807, 2.05) is 0 Å². The van der Waals surface area contributed by atoms with Gasteiger partial charge in [0.15, 0.2) is 11.6 Å². The predicted molar refractivity (Wildman–Crippen MR) is 95.2 cm³/mol. The maximum atomic E-state index is 14.4. The highest BCUT2D eigenvalue weighted by Gasteiger charge is 2.28. The number of nitrogens with one attached hydrogen (secondary N) is 1. The van der Waals surface area contributed by atoms with E-state index in [2.05, 4.69) is 11.9 Å². The lowest BCUT2D eigenvalue weighted by molar-refractivity contribution is -0.111. The number of nitrogens with zero attached hydrogens (tertiary/aromatic N) is 2. The SMILES string of the molecule is C=CC(=O)Nc1cc(F)c(N2CCN(C(=O)OC(C)(C)C)CC2)c(F)c1. The summed E-state index contributed by atoms with van der Waals surface area (Å²) in [5.74, 6) is -2.12. The lowest BCUT2D eigenvalue weighted by atomic mass is 10.2. The molecule has 1 N–H and O–H groups in total. The molecule has 2 rings (SSSR count). The normalized spacial score (nSPS) is 14.8. The zero-order valence-corrected chi connectivity index (χ0v) is 15.1. The molecule has 26 heavy (non-hydrogen) atoms. The van der Waals surface area contributed by atoms with Crippen LogP contribution in [0.4, 0.5) is 25.0 Å². The number of halogens is 2. The van der Waals surface area contributed by atoms with Crippen molar-refractivity contribution in [2.75, 3.05) is 36.4 Å². The third-order valence-corrected chi connectivity index (χ3v) is 3.72. The molecule has 0 bridgehead atoms. The fourth-order valence-electron chi connectivity index (χ4n) is 2.57. The molecule has 0 radical (unpaired) electrons. The van der Waals surface area contributed by atoms with E-state index in [0.29, 0.717) is 13.1 Å². The number of piperazine rings is 1. The van der Waals surface area contributed by atoms with E-state index in [-0.39, 0.29) is 24.5 Å². The van der Waals surface area contributed by atoms with Crippen molar-refractivity contribution in [3.63, 3.8) is 0 Å². The quantitative estimate of drug-likeness (QED) is 0.834. The maximum absolute atomic E-state index is 14.4. The molecule has 0 aliphatic carbocycles. The lowest BCUT2D eigenvalue weighted by Gasteiger charge is -2.37. The minimum absolute atomic E-state index is 0.0149. The standard InChI is InChI=1S/C18H23F2N3O3/c1-5-15(24)21-12-10-13(19)16(14(20)11-12)22-6-8-23(9-7-22)17(25)26-18(2,3)4/h5,10-11H,1,6-9H2,2-4H3,(H,21,24). The van der Waals surface area contributed by atoms with Gasteiger partial charge in [0.1, 0.15) is 11.3 Å². The second-order valence-corrected chi connectivity index (χ2v) is 6.94. The molecule has 1 heterocycles. The van der Waals surface area contributed by atoms with Crippen LogP contribution in [-0.4, -0.2) is 48.7 Å². The van der Waals surface area contributed by atoms with Crippen molar-refractivity contribution in [3.8, 4) is 0 Å². The highest BCUT2D eigenvalue weighted by Crippen LogP contribution is 2.28. The monoisotopic (exact) mass is 367 g/mol. The molecular formula is C18H23F2N3O3. The van der Waals surface area contributed by atoms with Crippen LogP contribution < -0.4 is 10.2 Å². The largest absolute Gasteiger partial charge is 0.444 e. The topological polar surface area (TPSA) is 61.9 Å². The van der Waals surface area contributed by atoms with Crippen LogP contribution in [0.3, 0.4) is 0 Å². The molecule has 8 heteroatoms. The number of amides is 2. The summed E-state index contributed by atoms with van der Waals surface area (Å²) in [6.45, 7) is 9.74. The predicted octanol–water partition coefficient (Wildman–Crippen LogP) is 3.15. The first-order chi connectivity index (χ1) is 12.1. The minimum atomic E-state index is -0.782. The number of anilines is 2. The van der Waals surface area contributed by atoms with Gasteiger partial charge in [-0.05, 0) is 39.0 Å². The van der Waals surface area contributed by atoms with Crippen molar-refractivity contribution in [1.29, 1.82) is 0 Å². The van der Waals surface area contributed by atoms with Crippen molar-refractivity contribution >= 4 is 23.4 Å². The Balaban J connectivity index is 2.06. The van der Waals surface area contributed by atoms with E-state index in [1.165, 1.54) is 9.80 Å². The van der Waals surface area contributed by atoms with Gasteiger partial charge in [0.2, 0.25) is 5.91 Å². The van der Waals surface area contributed by atoms with Crippen LogP contribution in [0.5, 0.6) is 0 Å². The van der Waals surface area contributed by atoms with E-state index >= 15 is 0 Å². The molecule has 2 amide bonds. The van der Waals surface area contributed by atoms with Crippen molar-refractivity contribution in [3.05, 3.63) is 36.4 Å². The fraction of sp³-hybridized carbons (Fsp3) is 0.444. The van der Waals surface area contributed by atoms with Crippen molar-refractivity contribution < 1.29 is 23.1 Å². The van der Waals surface area contributed by atoms with Crippen LogP contribution >= 0.6 is 0 Å². The molecule has 142 valence electrons. The Morgan fingerprint density at radius 3 is 2.15 bits per heavy atom. The fourth-order valence-corrected chi connectivity index (χ4v) is 2.57. The van der Waals surface area contributed by atoms with Crippen molar-refractivity contribution in [1.82, 2.24) is 4.90 Å². The molecule has 6 nitrogen and oxygen atoms in total. The number of carbonyl (C=O) groups is 2. The molecule has 1 fully saturated rings. The Kier molecular flexibility index (Phi) is 5.84. The first-order valence-electron chi connectivity index (χ1n) is 8.26. The number of ether oxygens (including phenoxy) is 1. The third-order valence-electron chi connectivity index (χ3n) is 3.72. The summed E-state index contributed by atoms with van der Waals surface area (Å²) >= 11 is 0. The minimum Gasteiger partial charge on any atom is -0.444 e. The van der Waals surface area contributed by atoms with E-state index in [0.717, 1.165) is 18.2 Å². The van der Waals surface area contributed by atoms with E-state index in [9.17, 15) is 18.4 Å². The molecule has 0 spiro atoms. The van der Waals surface area contributed by atoms with Gasteiger partial charge >= 0.3 is 6.09 Å². The van der Waals surface area contributed by atoms with Gasteiger partial charge in [-0.2, -0.15) is 0 Å². The van der Waals surface area contributed by atoms with Gasteiger partial charge in [-0.15, -0.1) is 0 Å². The van der Waals surface area contributed by atoms with Gasteiger partial charge < -0.3 is 19.9 Å². The summed E-state index contributed by atoms with van der Waals surface area (Å²) < 4.78 is 34.0. The molecule has 1 saturated heterocycles. The van der Waals surface area contributed by atoms with Gasteiger partial charge in [0, 0.05) is 31.9 Å². The smallest absolute Gasteiger partial charge is 0.410 e. The highest BCUT2D eigenvalue weighted by molar-refractivity contribution is 5.99. The highest BCUT2D eigenvalue weighted by atomic mass is 19.1. The first kappa shape index (κ1) is 19.7. The molecule has 1 aliphatic rings. The third kappa shape index (κ3) is 4.93. The summed E-state index contributed by atoms with van der Waals surface area (Å²) in [6, 6.07) is 2.11. The first-order valence-corrected chi connectivity index (χ1v) is 8.26. The number of rotatable bonds is 3. The van der Waals surface area contributed by atoms with Crippen LogP contribution in [0.1, 0.15) is 20.8 Å². The van der Waals surface area contributed by atoms with Crippen molar-refractivity contribution in [2.24, 2.45) is 0 Å². The average molecular weight is 367 g/mol. The summed E-state index contributed by atoms with van der Waals surface area (Å²) in [5.41, 5.74) is -0.760. The summed E-state index contributed by atoms with van der Waals surface area (Å²) in [4.78, 5) is 26.4. The zero-order chi connectivity index (χ0) is 19.5. The van der Waals surface area contributed by atoms with Gasteiger partial charge in [-0.1, -0.05) is 6.58 Å². The molecule has 1 aromatic carbocycles. The van der Waals surface area contributed by atoms with Crippen LogP contribution in [0.15, 0.2) is 24.8 Å². The molecule has 0 atom stereocenters. The average Bonchev–Trinajstić information content (AvgIpc) is 2.53. The second kappa shape index (κ2) is 7.72. The molecular weight excluding hydrogens is 344 g/mol. The van der Waals surface area contributed by atoms with Crippen molar-refractivity contribution in [2.45, 2.75) is 26.4 Å². The van der Waals surface area contributed by atoms with Gasteiger partial charge in [0.25, 0.3) is 0 Å². The number of carbonyl (C=O) groups excluding carboxylic acids is 2. The van der Waals surface area contributed by atoms with Crippen LogP contribution in [-0.2, 0) is 9.53 Å². The zero-order valence-electron chi connectivity index (χ0n) is 15.1. The molecule has 1 aliphatic heterocycles. The van der Waals surface area contributed by atoms with Gasteiger partial charge in [0.05, 0.1) is 0 Å².